The van der Waals surface area contributed by atoms with Crippen LogP contribution in [-0.2, 0) is 6.54 Å². The minimum absolute atomic E-state index is 0.153. The molecule has 0 fully saturated rings. The van der Waals surface area contributed by atoms with E-state index in [1.807, 2.05) is 60.7 Å². The number of anilines is 2. The molecule has 0 saturated carbocycles. The highest BCUT2D eigenvalue weighted by molar-refractivity contribution is 6.30. The largest absolute Gasteiger partial charge is 0.348 e. The van der Waals surface area contributed by atoms with Crippen molar-refractivity contribution in [3.05, 3.63) is 107 Å². The lowest BCUT2D eigenvalue weighted by Gasteiger charge is -2.09. The molecule has 0 saturated heterocycles. The summed E-state index contributed by atoms with van der Waals surface area (Å²) in [5.74, 6) is 0.453. The normalized spacial score (nSPS) is 10.5. The molecule has 4 aromatic rings. The Morgan fingerprint density at radius 2 is 1.68 bits per heavy atom. The maximum atomic E-state index is 12.5. The fraction of sp³-hybridized carbons (Fsp3) is 0.0800. The lowest BCUT2D eigenvalue weighted by molar-refractivity contribution is 0.0951. The molecular weight excluding hydrogens is 408 g/mol. The van der Waals surface area contributed by atoms with Crippen LogP contribution in [0.1, 0.15) is 21.5 Å². The summed E-state index contributed by atoms with van der Waals surface area (Å²) in [6.45, 7) is 2.48. The summed E-state index contributed by atoms with van der Waals surface area (Å²) in [5.41, 5.74) is 5.33. The van der Waals surface area contributed by atoms with E-state index in [4.69, 9.17) is 11.6 Å². The number of benzene rings is 3. The van der Waals surface area contributed by atoms with Crippen molar-refractivity contribution in [3.8, 4) is 11.3 Å². The van der Waals surface area contributed by atoms with E-state index in [1.54, 1.807) is 24.3 Å². The highest BCUT2D eigenvalue weighted by Gasteiger charge is 2.07. The Hall–Kier alpha value is -3.70. The van der Waals surface area contributed by atoms with E-state index in [0.717, 1.165) is 22.5 Å². The Morgan fingerprint density at radius 3 is 2.39 bits per heavy atom. The molecule has 0 unspecified atom stereocenters. The summed E-state index contributed by atoms with van der Waals surface area (Å²) in [6.07, 6.45) is 0. The van der Waals surface area contributed by atoms with Gasteiger partial charge >= 0.3 is 0 Å². The molecule has 1 aromatic heterocycles. The van der Waals surface area contributed by atoms with Crippen LogP contribution in [-0.4, -0.2) is 16.1 Å². The third kappa shape index (κ3) is 5.47. The molecular formula is C25H21ClN4O. The molecule has 0 aliphatic carbocycles. The van der Waals surface area contributed by atoms with Gasteiger partial charge < -0.3 is 10.6 Å². The predicted molar refractivity (Wildman–Crippen MR) is 125 cm³/mol. The highest BCUT2D eigenvalue weighted by atomic mass is 35.5. The smallest absolute Gasteiger partial charge is 0.251 e. The van der Waals surface area contributed by atoms with Gasteiger partial charge in [-0.25, -0.2) is 0 Å². The van der Waals surface area contributed by atoms with E-state index >= 15 is 0 Å². The quantitative estimate of drug-likeness (QED) is 0.408. The first-order chi connectivity index (χ1) is 15.1. The number of carbonyl (C=O) groups excluding carboxylic acids is 1. The molecule has 1 heterocycles. The lowest BCUT2D eigenvalue weighted by Crippen LogP contribution is -2.22. The summed E-state index contributed by atoms with van der Waals surface area (Å²) >= 11 is 5.90. The van der Waals surface area contributed by atoms with Crippen LogP contribution >= 0.6 is 11.6 Å². The van der Waals surface area contributed by atoms with Gasteiger partial charge in [-0.2, -0.15) is 0 Å². The van der Waals surface area contributed by atoms with Gasteiger partial charge in [0, 0.05) is 28.4 Å². The maximum Gasteiger partial charge on any atom is 0.251 e. The fourth-order valence-electron chi connectivity index (χ4n) is 3.05. The number of nitrogens with zero attached hydrogens (tertiary/aromatic N) is 2. The van der Waals surface area contributed by atoms with Gasteiger partial charge in [0.05, 0.1) is 5.69 Å². The third-order valence-corrected chi connectivity index (χ3v) is 5.03. The minimum atomic E-state index is -0.153. The van der Waals surface area contributed by atoms with E-state index in [9.17, 15) is 4.79 Å². The van der Waals surface area contributed by atoms with Gasteiger partial charge in [0.25, 0.3) is 5.91 Å². The van der Waals surface area contributed by atoms with Crippen LogP contribution < -0.4 is 10.6 Å². The number of aryl methyl sites for hydroxylation is 1. The molecule has 0 spiro atoms. The topological polar surface area (TPSA) is 66.9 Å². The Bertz CT molecular complexity index is 1170. The van der Waals surface area contributed by atoms with Gasteiger partial charge in [-0.3, -0.25) is 4.79 Å². The van der Waals surface area contributed by atoms with Crippen LogP contribution in [0.3, 0.4) is 0 Å². The average Bonchev–Trinajstić information content (AvgIpc) is 2.80. The van der Waals surface area contributed by atoms with Crippen molar-refractivity contribution in [2.24, 2.45) is 0 Å². The zero-order chi connectivity index (χ0) is 21.6. The van der Waals surface area contributed by atoms with Gasteiger partial charge in [0.2, 0.25) is 0 Å². The Morgan fingerprint density at radius 1 is 0.903 bits per heavy atom. The highest BCUT2D eigenvalue weighted by Crippen LogP contribution is 2.20. The van der Waals surface area contributed by atoms with E-state index in [2.05, 4.69) is 27.8 Å². The lowest BCUT2D eigenvalue weighted by atomic mass is 10.1. The molecule has 0 aliphatic heterocycles. The van der Waals surface area contributed by atoms with Crippen molar-refractivity contribution in [1.29, 1.82) is 0 Å². The minimum Gasteiger partial charge on any atom is -0.348 e. The summed E-state index contributed by atoms with van der Waals surface area (Å²) in [4.78, 5) is 12.5. The molecule has 0 aliphatic rings. The first kappa shape index (κ1) is 20.6. The average molecular weight is 429 g/mol. The number of hydrogen-bond donors (Lipinski definition) is 2. The monoisotopic (exact) mass is 428 g/mol. The summed E-state index contributed by atoms with van der Waals surface area (Å²) in [7, 11) is 0. The van der Waals surface area contributed by atoms with Gasteiger partial charge in [-0.15, -0.1) is 10.2 Å². The van der Waals surface area contributed by atoms with Gasteiger partial charge in [-0.05, 0) is 55.0 Å². The molecule has 1 amide bonds. The van der Waals surface area contributed by atoms with Crippen molar-refractivity contribution in [2.45, 2.75) is 13.5 Å². The predicted octanol–water partition coefficient (Wildman–Crippen LogP) is 5.78. The van der Waals surface area contributed by atoms with Gasteiger partial charge in [0.15, 0.2) is 5.82 Å². The number of nitrogens with one attached hydrogen (secondary N) is 2. The standard InChI is InChI=1S/C25H21ClN4O/c1-17-5-9-19(10-6-17)23-13-14-24(30-29-23)28-22-4-2-3-20(15-22)25(31)27-16-18-7-11-21(26)12-8-18/h2-15H,16H2,1H3,(H,27,31)(H,28,30). The molecule has 31 heavy (non-hydrogen) atoms. The summed E-state index contributed by atoms with van der Waals surface area (Å²) in [6, 6.07) is 26.6. The molecule has 3 aromatic carbocycles. The Kier molecular flexibility index (Phi) is 6.24. The van der Waals surface area contributed by atoms with Crippen LogP contribution in [0.25, 0.3) is 11.3 Å². The number of amides is 1. The van der Waals surface area contributed by atoms with Crippen LogP contribution in [0, 0.1) is 6.92 Å². The maximum absolute atomic E-state index is 12.5. The van der Waals surface area contributed by atoms with Crippen molar-refractivity contribution in [2.75, 3.05) is 5.32 Å². The van der Waals surface area contributed by atoms with Crippen LogP contribution in [0.4, 0.5) is 11.5 Å². The first-order valence-corrected chi connectivity index (χ1v) is 10.3. The Labute approximate surface area is 186 Å². The molecule has 0 atom stereocenters. The fourth-order valence-corrected chi connectivity index (χ4v) is 3.18. The number of rotatable bonds is 6. The molecule has 0 bridgehead atoms. The molecule has 6 heteroatoms. The number of hydrogen-bond acceptors (Lipinski definition) is 4. The second kappa shape index (κ2) is 9.41. The number of carbonyl (C=O) groups is 1. The molecule has 2 N–H and O–H groups in total. The second-order valence-electron chi connectivity index (χ2n) is 7.18. The third-order valence-electron chi connectivity index (χ3n) is 4.78. The van der Waals surface area contributed by atoms with Crippen molar-refractivity contribution in [3.63, 3.8) is 0 Å². The van der Waals surface area contributed by atoms with E-state index in [-0.39, 0.29) is 5.91 Å². The Balaban J connectivity index is 1.40. The molecule has 5 nitrogen and oxygen atoms in total. The zero-order valence-corrected chi connectivity index (χ0v) is 17.7. The summed E-state index contributed by atoms with van der Waals surface area (Å²) in [5, 5.41) is 15.3. The van der Waals surface area contributed by atoms with Gasteiger partial charge in [-0.1, -0.05) is 59.6 Å². The van der Waals surface area contributed by atoms with E-state index in [1.165, 1.54) is 5.56 Å². The van der Waals surface area contributed by atoms with Crippen LogP contribution in [0.15, 0.2) is 84.9 Å². The van der Waals surface area contributed by atoms with Crippen molar-refractivity contribution in [1.82, 2.24) is 15.5 Å². The molecule has 154 valence electrons. The number of halogens is 1. The molecule has 0 radical (unpaired) electrons. The van der Waals surface area contributed by atoms with E-state index < -0.39 is 0 Å². The van der Waals surface area contributed by atoms with Crippen molar-refractivity contribution < 1.29 is 4.79 Å². The van der Waals surface area contributed by atoms with Crippen LogP contribution in [0.5, 0.6) is 0 Å². The zero-order valence-electron chi connectivity index (χ0n) is 17.0. The van der Waals surface area contributed by atoms with E-state index in [0.29, 0.717) is 22.9 Å². The number of aromatic nitrogens is 2. The van der Waals surface area contributed by atoms with Gasteiger partial charge in [0.1, 0.15) is 0 Å². The second-order valence-corrected chi connectivity index (χ2v) is 7.62. The molecule has 4 rings (SSSR count). The summed E-state index contributed by atoms with van der Waals surface area (Å²) < 4.78 is 0. The van der Waals surface area contributed by atoms with Crippen LogP contribution in [0.2, 0.25) is 5.02 Å². The van der Waals surface area contributed by atoms with Crippen molar-refractivity contribution >= 4 is 29.0 Å². The first-order valence-electron chi connectivity index (χ1n) is 9.87. The SMILES string of the molecule is Cc1ccc(-c2ccc(Nc3cccc(C(=O)NCc4ccc(Cl)cc4)c3)nn2)cc1.